The summed E-state index contributed by atoms with van der Waals surface area (Å²) in [7, 11) is -2.33. The predicted molar refractivity (Wildman–Crippen MR) is 104 cm³/mol. The molecule has 0 aliphatic heterocycles. The summed E-state index contributed by atoms with van der Waals surface area (Å²) >= 11 is 0. The molecule has 1 amide bonds. The average Bonchev–Trinajstić information content (AvgIpc) is 2.73. The summed E-state index contributed by atoms with van der Waals surface area (Å²) in [6, 6.07) is 18.4. The number of nitrogens with zero attached hydrogens (tertiary/aromatic N) is 2. The number of anilines is 1. The zero-order valence-corrected chi connectivity index (χ0v) is 15.6. The van der Waals surface area contributed by atoms with Crippen molar-refractivity contribution in [3.05, 3.63) is 90.3 Å². The third-order valence-electron chi connectivity index (χ3n) is 4.09. The van der Waals surface area contributed by atoms with Crippen molar-refractivity contribution >= 4 is 21.6 Å². The molecule has 138 valence electrons. The quantitative estimate of drug-likeness (QED) is 0.712. The fourth-order valence-electron chi connectivity index (χ4n) is 2.60. The molecule has 0 saturated heterocycles. The number of amides is 1. The standard InChI is InChI=1S/C20H19N3O3S/c1-23(27(25,26)17-7-3-2-4-8-17)19-10-6-5-9-18(19)20(24)22-15-16-11-13-21-14-12-16/h2-14H,15H2,1H3,(H,22,24). The highest BCUT2D eigenvalue weighted by Gasteiger charge is 2.24. The first-order valence-electron chi connectivity index (χ1n) is 8.30. The number of para-hydroxylation sites is 1. The van der Waals surface area contributed by atoms with Crippen LogP contribution < -0.4 is 9.62 Å². The normalized spacial score (nSPS) is 11.0. The largest absolute Gasteiger partial charge is 0.348 e. The highest BCUT2D eigenvalue weighted by atomic mass is 32.2. The number of sulfonamides is 1. The zero-order valence-electron chi connectivity index (χ0n) is 14.7. The van der Waals surface area contributed by atoms with Crippen LogP contribution in [0.25, 0.3) is 0 Å². The van der Waals surface area contributed by atoms with Crippen LogP contribution in [-0.2, 0) is 16.6 Å². The molecule has 0 spiro atoms. The van der Waals surface area contributed by atoms with Crippen LogP contribution >= 0.6 is 0 Å². The number of hydrogen-bond acceptors (Lipinski definition) is 4. The van der Waals surface area contributed by atoms with Crippen molar-refractivity contribution in [2.75, 3.05) is 11.4 Å². The fourth-order valence-corrected chi connectivity index (χ4v) is 3.83. The van der Waals surface area contributed by atoms with E-state index in [-0.39, 0.29) is 16.4 Å². The molecule has 0 radical (unpaired) electrons. The molecule has 0 aliphatic carbocycles. The summed E-state index contributed by atoms with van der Waals surface area (Å²) in [6.45, 7) is 0.324. The van der Waals surface area contributed by atoms with Crippen LogP contribution in [0.2, 0.25) is 0 Å². The van der Waals surface area contributed by atoms with Gasteiger partial charge in [0.25, 0.3) is 15.9 Å². The van der Waals surface area contributed by atoms with Gasteiger partial charge >= 0.3 is 0 Å². The van der Waals surface area contributed by atoms with Crippen molar-refractivity contribution < 1.29 is 13.2 Å². The summed E-state index contributed by atoms with van der Waals surface area (Å²) < 4.78 is 26.9. The Kier molecular flexibility index (Phi) is 5.52. The van der Waals surface area contributed by atoms with Gasteiger partial charge < -0.3 is 5.32 Å². The van der Waals surface area contributed by atoms with E-state index in [4.69, 9.17) is 0 Å². The van der Waals surface area contributed by atoms with Gasteiger partial charge in [-0.25, -0.2) is 8.42 Å². The Morgan fingerprint density at radius 1 is 0.963 bits per heavy atom. The van der Waals surface area contributed by atoms with Crippen molar-refractivity contribution in [2.24, 2.45) is 0 Å². The predicted octanol–water partition coefficient (Wildman–Crippen LogP) is 2.84. The molecule has 27 heavy (non-hydrogen) atoms. The minimum absolute atomic E-state index is 0.166. The van der Waals surface area contributed by atoms with Crippen LogP contribution in [0, 0.1) is 0 Å². The van der Waals surface area contributed by atoms with E-state index in [1.165, 1.54) is 19.2 Å². The molecule has 1 heterocycles. The summed E-state index contributed by atoms with van der Waals surface area (Å²) in [5.41, 5.74) is 1.50. The maximum atomic E-state index is 12.9. The van der Waals surface area contributed by atoms with Crippen molar-refractivity contribution in [3.63, 3.8) is 0 Å². The number of hydrogen-bond donors (Lipinski definition) is 1. The van der Waals surface area contributed by atoms with Crippen LogP contribution in [0.3, 0.4) is 0 Å². The SMILES string of the molecule is CN(c1ccccc1C(=O)NCc1ccncc1)S(=O)(=O)c1ccccc1. The Bertz CT molecular complexity index is 1020. The fraction of sp³-hybridized carbons (Fsp3) is 0.100. The minimum Gasteiger partial charge on any atom is -0.348 e. The van der Waals surface area contributed by atoms with Gasteiger partial charge in [0.05, 0.1) is 16.1 Å². The van der Waals surface area contributed by atoms with E-state index in [1.807, 2.05) is 0 Å². The van der Waals surface area contributed by atoms with Crippen molar-refractivity contribution in [1.29, 1.82) is 0 Å². The van der Waals surface area contributed by atoms with Crippen LogP contribution in [0.5, 0.6) is 0 Å². The van der Waals surface area contributed by atoms with Gasteiger partial charge in [0.2, 0.25) is 0 Å². The Balaban J connectivity index is 1.86. The van der Waals surface area contributed by atoms with Crippen molar-refractivity contribution in [1.82, 2.24) is 10.3 Å². The second-order valence-electron chi connectivity index (χ2n) is 5.84. The van der Waals surface area contributed by atoms with E-state index in [2.05, 4.69) is 10.3 Å². The van der Waals surface area contributed by atoms with Gasteiger partial charge in [0, 0.05) is 26.0 Å². The molecule has 3 aromatic rings. The molecule has 0 saturated carbocycles. The molecule has 1 N–H and O–H groups in total. The number of rotatable bonds is 6. The number of pyridine rings is 1. The molecule has 0 aliphatic rings. The van der Waals surface area contributed by atoms with Crippen LogP contribution in [0.1, 0.15) is 15.9 Å². The van der Waals surface area contributed by atoms with Gasteiger partial charge in [-0.1, -0.05) is 30.3 Å². The average molecular weight is 381 g/mol. The lowest BCUT2D eigenvalue weighted by Crippen LogP contribution is -2.30. The second kappa shape index (κ2) is 8.01. The lowest BCUT2D eigenvalue weighted by molar-refractivity contribution is 0.0951. The molecular formula is C20H19N3O3S. The molecule has 0 fully saturated rings. The molecule has 6 nitrogen and oxygen atoms in total. The lowest BCUT2D eigenvalue weighted by atomic mass is 10.1. The number of carbonyl (C=O) groups excluding carboxylic acids is 1. The first kappa shape index (κ1) is 18.6. The monoisotopic (exact) mass is 381 g/mol. The molecule has 0 atom stereocenters. The van der Waals surface area contributed by atoms with Gasteiger partial charge in [0.1, 0.15) is 0 Å². The Morgan fingerprint density at radius 2 is 1.59 bits per heavy atom. The van der Waals surface area contributed by atoms with Gasteiger partial charge in [-0.2, -0.15) is 0 Å². The molecule has 1 aromatic heterocycles. The third-order valence-corrected chi connectivity index (χ3v) is 5.88. The molecule has 2 aromatic carbocycles. The number of carbonyl (C=O) groups is 1. The first-order chi connectivity index (χ1) is 13.0. The minimum atomic E-state index is -3.77. The number of benzene rings is 2. The van der Waals surface area contributed by atoms with Crippen LogP contribution in [0.15, 0.2) is 84.0 Å². The summed E-state index contributed by atoms with van der Waals surface area (Å²) in [6.07, 6.45) is 3.30. The Hall–Kier alpha value is -3.19. The Labute approximate surface area is 158 Å². The zero-order chi connectivity index (χ0) is 19.3. The molecular weight excluding hydrogens is 362 g/mol. The first-order valence-corrected chi connectivity index (χ1v) is 9.74. The van der Waals surface area contributed by atoms with E-state index in [9.17, 15) is 13.2 Å². The number of aromatic nitrogens is 1. The molecule has 0 unspecified atom stereocenters. The maximum absolute atomic E-state index is 12.9. The van der Waals surface area contributed by atoms with Gasteiger partial charge in [-0.05, 0) is 42.0 Å². The van der Waals surface area contributed by atoms with E-state index in [0.29, 0.717) is 12.2 Å². The highest BCUT2D eigenvalue weighted by Crippen LogP contribution is 2.25. The van der Waals surface area contributed by atoms with Gasteiger partial charge in [-0.3, -0.25) is 14.1 Å². The third kappa shape index (κ3) is 4.15. The van der Waals surface area contributed by atoms with Crippen molar-refractivity contribution in [3.8, 4) is 0 Å². The lowest BCUT2D eigenvalue weighted by Gasteiger charge is -2.22. The van der Waals surface area contributed by atoms with Crippen molar-refractivity contribution in [2.45, 2.75) is 11.4 Å². The second-order valence-corrected chi connectivity index (χ2v) is 7.81. The summed E-state index contributed by atoms with van der Waals surface area (Å²) in [5, 5.41) is 2.81. The van der Waals surface area contributed by atoms with Gasteiger partial charge in [-0.15, -0.1) is 0 Å². The van der Waals surface area contributed by atoms with E-state index in [1.54, 1.807) is 67.0 Å². The van der Waals surface area contributed by atoms with Gasteiger partial charge in [0.15, 0.2) is 0 Å². The van der Waals surface area contributed by atoms with E-state index >= 15 is 0 Å². The molecule has 7 heteroatoms. The summed E-state index contributed by atoms with van der Waals surface area (Å²) in [5.74, 6) is -0.350. The molecule has 0 bridgehead atoms. The maximum Gasteiger partial charge on any atom is 0.264 e. The van der Waals surface area contributed by atoms with Crippen LogP contribution in [-0.4, -0.2) is 26.4 Å². The topological polar surface area (TPSA) is 79.4 Å². The van der Waals surface area contributed by atoms with E-state index < -0.39 is 10.0 Å². The number of nitrogens with one attached hydrogen (secondary N) is 1. The Morgan fingerprint density at radius 3 is 2.30 bits per heavy atom. The van der Waals surface area contributed by atoms with E-state index in [0.717, 1.165) is 9.87 Å². The van der Waals surface area contributed by atoms with Crippen LogP contribution in [0.4, 0.5) is 5.69 Å². The smallest absolute Gasteiger partial charge is 0.264 e. The summed E-state index contributed by atoms with van der Waals surface area (Å²) in [4.78, 5) is 16.8. The highest BCUT2D eigenvalue weighted by molar-refractivity contribution is 7.92. The molecule has 3 rings (SSSR count).